The smallest absolute Gasteiger partial charge is 0.408 e. The first kappa shape index (κ1) is 22.7. The van der Waals surface area contributed by atoms with Crippen LogP contribution in [0.3, 0.4) is 0 Å². The fourth-order valence-corrected chi connectivity index (χ4v) is 4.83. The third-order valence-corrected chi connectivity index (χ3v) is 6.79. The predicted molar refractivity (Wildman–Crippen MR) is 125 cm³/mol. The average Bonchev–Trinajstić information content (AvgIpc) is 3.43. The molecule has 2 saturated heterocycles. The van der Waals surface area contributed by atoms with Gasteiger partial charge in [0.05, 0.1) is 39.3 Å². The monoisotopic (exact) mass is 521 g/mol. The van der Waals surface area contributed by atoms with E-state index in [4.69, 9.17) is 10.8 Å². The summed E-state index contributed by atoms with van der Waals surface area (Å²) in [4.78, 5) is 6.51. The van der Waals surface area contributed by atoms with E-state index in [1.807, 2.05) is 0 Å². The first-order chi connectivity index (χ1) is 18.3. The summed E-state index contributed by atoms with van der Waals surface area (Å²) in [5, 5.41) is 15.0. The van der Waals surface area contributed by atoms with Gasteiger partial charge in [-0.2, -0.15) is 18.2 Å². The number of hydrogen-bond acceptors (Lipinski definition) is 8. The van der Waals surface area contributed by atoms with Gasteiger partial charge in [0.2, 0.25) is 11.8 Å². The van der Waals surface area contributed by atoms with Gasteiger partial charge in [-0.15, -0.1) is 10.2 Å². The molecule has 6 rings (SSSR count). The summed E-state index contributed by atoms with van der Waals surface area (Å²) in [5.41, 5.74) is 2.12. The number of nitrogens with one attached hydrogen (secondary N) is 1. The van der Waals surface area contributed by atoms with Crippen LogP contribution in [0.15, 0.2) is 30.5 Å². The second-order valence-corrected chi connectivity index (χ2v) is 9.21. The molecule has 37 heavy (non-hydrogen) atoms. The summed E-state index contributed by atoms with van der Waals surface area (Å²) >= 11 is 0. The van der Waals surface area contributed by atoms with E-state index in [0.29, 0.717) is 48.3 Å². The van der Waals surface area contributed by atoms with Crippen LogP contribution in [0.4, 0.5) is 23.5 Å². The van der Waals surface area contributed by atoms with Crippen molar-refractivity contribution in [3.63, 3.8) is 0 Å². The highest BCUT2D eigenvalue weighted by Crippen LogP contribution is 2.33. The number of halogens is 4. The molecule has 0 amide bonds. The number of alkyl halides is 4. The van der Waals surface area contributed by atoms with Gasteiger partial charge in [0.25, 0.3) is 0 Å². The maximum Gasteiger partial charge on any atom is 0.408 e. The van der Waals surface area contributed by atoms with Crippen LogP contribution in [0, 0.1) is 0 Å². The summed E-state index contributed by atoms with van der Waals surface area (Å²) in [5.74, 6) is 0.248. The molecule has 5 heterocycles. The Kier molecular flexibility index (Phi) is 5.57. The quantitative estimate of drug-likeness (QED) is 0.387. The second kappa shape index (κ2) is 9.10. The number of likely N-dealkylation sites (tertiary alicyclic amines) is 1. The molecule has 0 radical (unpaired) electrons. The third-order valence-electron chi connectivity index (χ3n) is 6.79. The first-order valence-electron chi connectivity index (χ1n) is 12.4. The Morgan fingerprint density at radius 2 is 2.14 bits per heavy atom. The van der Waals surface area contributed by atoms with E-state index in [-0.39, 0.29) is 23.4 Å². The summed E-state index contributed by atoms with van der Waals surface area (Å²) in [7, 11) is -0.425. The minimum absolute atomic E-state index is 0.0963. The van der Waals surface area contributed by atoms with Crippen LogP contribution in [0.25, 0.3) is 27.7 Å². The summed E-state index contributed by atoms with van der Waals surface area (Å²) in [6.07, 6.45) is -3.38. The highest BCUT2D eigenvalue weighted by molar-refractivity contribution is 5.89. The Labute approximate surface area is 209 Å². The van der Waals surface area contributed by atoms with Crippen molar-refractivity contribution in [3.8, 4) is 17.0 Å². The molecule has 3 aromatic heterocycles. The molecule has 1 aromatic carbocycles. The van der Waals surface area contributed by atoms with Gasteiger partial charge in [0.15, 0.2) is 0 Å². The fraction of sp³-hybridized carbons (Fsp3) is 0.478. The van der Waals surface area contributed by atoms with E-state index in [9.17, 15) is 17.6 Å². The molecule has 2 aliphatic rings. The Balaban J connectivity index is 1.30. The number of rotatable bonds is 6. The maximum absolute atomic E-state index is 15.0. The molecule has 1 N–H and O–H groups in total. The number of hydrogen-bond donors (Lipinski definition) is 1. The van der Waals surface area contributed by atoms with Crippen LogP contribution < -0.4 is 10.1 Å². The Bertz CT molecular complexity index is 1460. The van der Waals surface area contributed by atoms with Crippen LogP contribution in [0.2, 0.25) is 0 Å². The molecule has 0 unspecified atom stereocenters. The zero-order valence-electron chi connectivity index (χ0n) is 20.5. The summed E-state index contributed by atoms with van der Waals surface area (Å²) in [6.45, 7) is 1.00. The number of benzene rings is 1. The number of ether oxygens (including phenoxy) is 2. The maximum atomic E-state index is 15.0. The number of aromatic nitrogens is 6. The van der Waals surface area contributed by atoms with E-state index in [0.717, 1.165) is 11.2 Å². The highest BCUT2D eigenvalue weighted by atomic mass is 19.4. The fourth-order valence-electron chi connectivity index (χ4n) is 4.83. The largest absolute Gasteiger partial charge is 0.479 e. The van der Waals surface area contributed by atoms with Gasteiger partial charge in [-0.05, 0) is 30.2 Å². The standard InChI is InChI=1S/C23H24F4N8O2/c1-36-21-20-15(13-2-3-18-19(8-13)35(32-30-18)12-23(25,26)27)4-7-34(20)31-22(29-21)28-17-5-6-33(9-16(17)24)14-10-37-11-14/h2-4,7-8,14,16-17H,5-6,9-12H2,1H3,(H,28,31)/t16-,17+/m0/s1/i1D. The molecule has 2 aliphatic heterocycles. The van der Waals surface area contributed by atoms with Crippen LogP contribution in [-0.2, 0) is 11.3 Å². The van der Waals surface area contributed by atoms with Crippen molar-refractivity contribution in [1.82, 2.24) is 34.5 Å². The van der Waals surface area contributed by atoms with Crippen molar-refractivity contribution in [2.24, 2.45) is 0 Å². The van der Waals surface area contributed by atoms with Gasteiger partial charge in [0.1, 0.15) is 23.7 Å². The SMILES string of the molecule is [2H]COc1nc(N[C@@H]2CCN(C3COC3)C[C@@H]2F)nn2ccc(-c3ccc4nnn(CC(F)(F)F)c4c3)c12. The van der Waals surface area contributed by atoms with E-state index in [1.165, 1.54) is 4.52 Å². The summed E-state index contributed by atoms with van der Waals surface area (Å²) in [6, 6.07) is 6.34. The van der Waals surface area contributed by atoms with Crippen LogP contribution in [-0.4, -0.2) is 92.3 Å². The topological polar surface area (TPSA) is 94.6 Å². The number of nitrogens with zero attached hydrogens (tertiary/aromatic N) is 7. The molecule has 2 atom stereocenters. The number of fused-ring (bicyclic) bond motifs is 2. The number of piperidine rings is 1. The van der Waals surface area contributed by atoms with E-state index in [2.05, 4.69) is 30.6 Å². The second-order valence-electron chi connectivity index (χ2n) is 9.21. The molecular formula is C23H24F4N8O2. The van der Waals surface area contributed by atoms with E-state index in [1.54, 1.807) is 30.5 Å². The third kappa shape index (κ3) is 4.55. The lowest BCUT2D eigenvalue weighted by Gasteiger charge is -2.42. The molecule has 14 heteroatoms. The van der Waals surface area contributed by atoms with Gasteiger partial charge in [-0.1, -0.05) is 11.3 Å². The first-order valence-corrected chi connectivity index (χ1v) is 11.7. The highest BCUT2D eigenvalue weighted by Gasteiger charge is 2.36. The van der Waals surface area contributed by atoms with Crippen molar-refractivity contribution in [3.05, 3.63) is 30.5 Å². The van der Waals surface area contributed by atoms with Gasteiger partial charge in [-0.25, -0.2) is 13.6 Å². The molecule has 4 aromatic rings. The number of methoxy groups -OCH3 is 1. The van der Waals surface area contributed by atoms with E-state index < -0.39 is 32.0 Å². The normalized spacial score (nSPS) is 21.8. The zero-order chi connectivity index (χ0) is 26.4. The zero-order valence-corrected chi connectivity index (χ0v) is 19.5. The average molecular weight is 521 g/mol. The molecular weight excluding hydrogens is 496 g/mol. The minimum atomic E-state index is -4.45. The number of anilines is 1. The van der Waals surface area contributed by atoms with E-state index >= 15 is 0 Å². The van der Waals surface area contributed by atoms with Crippen molar-refractivity contribution >= 4 is 22.5 Å². The molecule has 10 nitrogen and oxygen atoms in total. The molecule has 196 valence electrons. The predicted octanol–water partition coefficient (Wildman–Crippen LogP) is 2.94. The van der Waals surface area contributed by atoms with Gasteiger partial charge in [0, 0.05) is 24.8 Å². The summed E-state index contributed by atoms with van der Waals surface area (Å²) < 4.78 is 74.5. The molecule has 0 spiro atoms. The Morgan fingerprint density at radius 3 is 2.86 bits per heavy atom. The molecule has 0 bridgehead atoms. The lowest BCUT2D eigenvalue weighted by Crippen LogP contribution is -2.57. The Morgan fingerprint density at radius 1 is 1.27 bits per heavy atom. The van der Waals surface area contributed by atoms with Crippen LogP contribution >= 0.6 is 0 Å². The Hall–Kier alpha value is -3.52. The van der Waals surface area contributed by atoms with Gasteiger partial charge >= 0.3 is 6.18 Å². The van der Waals surface area contributed by atoms with Crippen molar-refractivity contribution in [2.45, 2.75) is 37.4 Å². The van der Waals surface area contributed by atoms with Crippen molar-refractivity contribution in [2.75, 3.05) is 38.7 Å². The molecule has 2 fully saturated rings. The van der Waals surface area contributed by atoms with Crippen molar-refractivity contribution in [1.29, 1.82) is 0 Å². The lowest BCUT2D eigenvalue weighted by molar-refractivity contribution is -0.142. The molecule has 0 saturated carbocycles. The van der Waals surface area contributed by atoms with Gasteiger partial charge < -0.3 is 14.8 Å². The van der Waals surface area contributed by atoms with Crippen LogP contribution in [0.5, 0.6) is 5.88 Å². The lowest BCUT2D eigenvalue weighted by atomic mass is 10.0. The van der Waals surface area contributed by atoms with Crippen molar-refractivity contribution < 1.29 is 28.4 Å². The molecule has 0 aliphatic carbocycles. The van der Waals surface area contributed by atoms with Gasteiger partial charge in [-0.3, -0.25) is 4.90 Å². The van der Waals surface area contributed by atoms with Crippen LogP contribution in [0.1, 0.15) is 7.79 Å². The minimum Gasteiger partial charge on any atom is -0.479 e.